The number of hydrogen-bond donors (Lipinski definition) is 1. The summed E-state index contributed by atoms with van der Waals surface area (Å²) in [5.74, 6) is -0.171. The number of rotatable bonds is 5. The molecular weight excluding hydrogens is 438 g/mol. The lowest BCUT2D eigenvalue weighted by Gasteiger charge is -2.30. The number of anilines is 1. The standard InChI is InChI=1S/C17H20BrN3O3S2/c1-2-26(23,24)21-9-7-13(8-10-21)16(22)20-17-19-15(11-25-17)12-3-5-14(18)6-4-12/h3-6,11,13H,2,7-10H2,1H3,(H,19,20,22). The Bertz CT molecular complexity index is 873. The van der Waals surface area contributed by atoms with E-state index >= 15 is 0 Å². The highest BCUT2D eigenvalue weighted by Gasteiger charge is 2.30. The van der Waals surface area contributed by atoms with Crippen molar-refractivity contribution < 1.29 is 13.2 Å². The van der Waals surface area contributed by atoms with Crippen molar-refractivity contribution in [2.75, 3.05) is 24.2 Å². The molecule has 0 saturated carbocycles. The Morgan fingerprint density at radius 3 is 2.58 bits per heavy atom. The molecule has 140 valence electrons. The van der Waals surface area contributed by atoms with Crippen molar-refractivity contribution >= 4 is 48.3 Å². The van der Waals surface area contributed by atoms with Crippen LogP contribution in [0, 0.1) is 5.92 Å². The Kier molecular flexibility index (Phi) is 6.11. The second-order valence-corrected chi connectivity index (χ2v) is 10.1. The second kappa shape index (κ2) is 8.16. The first-order valence-corrected chi connectivity index (χ1v) is 11.7. The summed E-state index contributed by atoms with van der Waals surface area (Å²) in [4.78, 5) is 16.9. The lowest BCUT2D eigenvalue weighted by molar-refractivity contribution is -0.120. The van der Waals surface area contributed by atoms with Gasteiger partial charge in [-0.15, -0.1) is 11.3 Å². The molecule has 1 amide bonds. The van der Waals surface area contributed by atoms with Crippen LogP contribution in [0.25, 0.3) is 11.3 Å². The molecule has 1 saturated heterocycles. The zero-order valence-electron chi connectivity index (χ0n) is 14.3. The van der Waals surface area contributed by atoms with E-state index in [4.69, 9.17) is 0 Å². The fraction of sp³-hybridized carbons (Fsp3) is 0.412. The molecule has 1 aliphatic rings. The number of benzene rings is 1. The molecule has 0 bridgehead atoms. The Balaban J connectivity index is 1.58. The van der Waals surface area contributed by atoms with E-state index < -0.39 is 10.0 Å². The Labute approximate surface area is 165 Å². The molecule has 1 N–H and O–H groups in total. The van der Waals surface area contributed by atoms with E-state index in [1.54, 1.807) is 6.92 Å². The first kappa shape index (κ1) is 19.5. The number of carbonyl (C=O) groups excluding carboxylic acids is 1. The molecular formula is C17H20BrN3O3S2. The highest BCUT2D eigenvalue weighted by molar-refractivity contribution is 9.10. The molecule has 2 heterocycles. The lowest BCUT2D eigenvalue weighted by atomic mass is 9.97. The minimum Gasteiger partial charge on any atom is -0.302 e. The third kappa shape index (κ3) is 4.51. The zero-order valence-corrected chi connectivity index (χ0v) is 17.5. The summed E-state index contributed by atoms with van der Waals surface area (Å²) in [6, 6.07) is 7.83. The predicted molar refractivity (Wildman–Crippen MR) is 108 cm³/mol. The number of nitrogens with zero attached hydrogens (tertiary/aromatic N) is 2. The third-order valence-electron chi connectivity index (χ3n) is 4.46. The van der Waals surface area contributed by atoms with Gasteiger partial charge in [0.25, 0.3) is 0 Å². The Morgan fingerprint density at radius 2 is 1.96 bits per heavy atom. The van der Waals surface area contributed by atoms with Crippen molar-refractivity contribution in [2.24, 2.45) is 5.92 Å². The molecule has 26 heavy (non-hydrogen) atoms. The summed E-state index contributed by atoms with van der Waals surface area (Å²) in [5.41, 5.74) is 1.81. The minimum absolute atomic E-state index is 0.0877. The maximum atomic E-state index is 12.5. The van der Waals surface area contributed by atoms with Crippen molar-refractivity contribution in [1.82, 2.24) is 9.29 Å². The van der Waals surface area contributed by atoms with Crippen molar-refractivity contribution in [3.05, 3.63) is 34.1 Å². The lowest BCUT2D eigenvalue weighted by Crippen LogP contribution is -2.42. The monoisotopic (exact) mass is 457 g/mol. The van der Waals surface area contributed by atoms with Crippen LogP contribution in [-0.4, -0.2) is 42.5 Å². The van der Waals surface area contributed by atoms with Crippen molar-refractivity contribution in [3.8, 4) is 11.3 Å². The summed E-state index contributed by atoms with van der Waals surface area (Å²) in [6.45, 7) is 2.44. The van der Waals surface area contributed by atoms with Crippen LogP contribution in [-0.2, 0) is 14.8 Å². The van der Waals surface area contributed by atoms with Crippen LogP contribution in [0.1, 0.15) is 19.8 Å². The highest BCUT2D eigenvalue weighted by atomic mass is 79.9. The first-order chi connectivity index (χ1) is 12.4. The topological polar surface area (TPSA) is 79.4 Å². The quantitative estimate of drug-likeness (QED) is 0.743. The number of hydrogen-bond acceptors (Lipinski definition) is 5. The fourth-order valence-corrected chi connectivity index (χ4v) is 4.99. The number of piperidine rings is 1. The number of thiazole rings is 1. The Morgan fingerprint density at radius 1 is 1.31 bits per heavy atom. The van der Waals surface area contributed by atoms with Crippen molar-refractivity contribution in [3.63, 3.8) is 0 Å². The van der Waals surface area contributed by atoms with Crippen LogP contribution >= 0.6 is 27.3 Å². The largest absolute Gasteiger partial charge is 0.302 e. The van der Waals surface area contributed by atoms with Crippen LogP contribution in [0.4, 0.5) is 5.13 Å². The van der Waals surface area contributed by atoms with Gasteiger partial charge < -0.3 is 5.32 Å². The van der Waals surface area contributed by atoms with Gasteiger partial charge in [0, 0.05) is 34.4 Å². The maximum Gasteiger partial charge on any atom is 0.229 e. The normalized spacial score (nSPS) is 16.5. The molecule has 1 aromatic carbocycles. The van der Waals surface area contributed by atoms with Crippen LogP contribution in [0.5, 0.6) is 0 Å². The Hall–Kier alpha value is -1.29. The summed E-state index contributed by atoms with van der Waals surface area (Å²) in [7, 11) is -3.17. The molecule has 6 nitrogen and oxygen atoms in total. The van der Waals surface area contributed by atoms with E-state index in [-0.39, 0.29) is 17.6 Å². The van der Waals surface area contributed by atoms with E-state index in [2.05, 4.69) is 26.2 Å². The molecule has 1 aromatic heterocycles. The second-order valence-electron chi connectivity index (χ2n) is 6.11. The molecule has 1 aliphatic heterocycles. The van der Waals surface area contributed by atoms with Gasteiger partial charge in [0.15, 0.2) is 5.13 Å². The van der Waals surface area contributed by atoms with Crippen LogP contribution in [0.3, 0.4) is 0 Å². The smallest absolute Gasteiger partial charge is 0.229 e. The van der Waals surface area contributed by atoms with Gasteiger partial charge in [-0.25, -0.2) is 17.7 Å². The number of sulfonamides is 1. The van der Waals surface area contributed by atoms with Gasteiger partial charge in [-0.3, -0.25) is 4.79 Å². The molecule has 0 radical (unpaired) electrons. The van der Waals surface area contributed by atoms with E-state index in [0.717, 1.165) is 15.7 Å². The number of nitrogens with one attached hydrogen (secondary N) is 1. The molecule has 0 unspecified atom stereocenters. The van der Waals surface area contributed by atoms with Gasteiger partial charge >= 0.3 is 0 Å². The summed E-state index contributed by atoms with van der Waals surface area (Å²) >= 11 is 4.79. The van der Waals surface area contributed by atoms with Crippen molar-refractivity contribution in [2.45, 2.75) is 19.8 Å². The van der Waals surface area contributed by atoms with E-state index in [0.29, 0.717) is 31.1 Å². The maximum absolute atomic E-state index is 12.5. The number of halogens is 1. The molecule has 3 rings (SSSR count). The first-order valence-electron chi connectivity index (χ1n) is 8.39. The molecule has 2 aromatic rings. The van der Waals surface area contributed by atoms with Gasteiger partial charge in [-0.05, 0) is 31.9 Å². The summed E-state index contributed by atoms with van der Waals surface area (Å²) < 4.78 is 26.3. The van der Waals surface area contributed by atoms with Gasteiger partial charge in [0.1, 0.15) is 0 Å². The number of amides is 1. The van der Waals surface area contributed by atoms with E-state index in [1.807, 2.05) is 29.6 Å². The van der Waals surface area contributed by atoms with Gasteiger partial charge in [-0.1, -0.05) is 28.1 Å². The van der Waals surface area contributed by atoms with Gasteiger partial charge in [-0.2, -0.15) is 0 Å². The van der Waals surface area contributed by atoms with Crippen LogP contribution in [0.15, 0.2) is 34.1 Å². The molecule has 9 heteroatoms. The summed E-state index contributed by atoms with van der Waals surface area (Å²) in [6.07, 6.45) is 1.08. The van der Waals surface area contributed by atoms with Gasteiger partial charge in [0.2, 0.25) is 15.9 Å². The minimum atomic E-state index is -3.17. The average Bonchev–Trinajstić information content (AvgIpc) is 3.11. The van der Waals surface area contributed by atoms with Crippen LogP contribution in [0.2, 0.25) is 0 Å². The SMILES string of the molecule is CCS(=O)(=O)N1CCC(C(=O)Nc2nc(-c3ccc(Br)cc3)cs2)CC1. The number of carbonyl (C=O) groups is 1. The van der Waals surface area contributed by atoms with Crippen LogP contribution < -0.4 is 5.32 Å². The fourth-order valence-electron chi connectivity index (χ4n) is 2.87. The highest BCUT2D eigenvalue weighted by Crippen LogP contribution is 2.27. The van der Waals surface area contributed by atoms with Crippen molar-refractivity contribution in [1.29, 1.82) is 0 Å². The van der Waals surface area contributed by atoms with E-state index in [9.17, 15) is 13.2 Å². The molecule has 0 atom stereocenters. The summed E-state index contributed by atoms with van der Waals surface area (Å²) in [5, 5.41) is 5.35. The molecule has 1 fully saturated rings. The third-order valence-corrected chi connectivity index (χ3v) is 7.63. The zero-order chi connectivity index (χ0) is 18.7. The molecule has 0 aliphatic carbocycles. The predicted octanol–water partition coefficient (Wildman–Crippen LogP) is 3.57. The average molecular weight is 458 g/mol. The van der Waals surface area contributed by atoms with E-state index in [1.165, 1.54) is 15.6 Å². The van der Waals surface area contributed by atoms with Gasteiger partial charge in [0.05, 0.1) is 11.4 Å². The number of aromatic nitrogens is 1. The molecule has 0 spiro atoms.